The third-order valence-corrected chi connectivity index (χ3v) is 3.45. The number of carbonyl (C=O) groups is 1. The molecule has 1 heterocycles. The van der Waals surface area contributed by atoms with Gasteiger partial charge in [0.2, 0.25) is 0 Å². The van der Waals surface area contributed by atoms with Gasteiger partial charge in [-0.2, -0.15) is 0 Å². The summed E-state index contributed by atoms with van der Waals surface area (Å²) in [5.74, 6) is -0.206. The maximum absolute atomic E-state index is 12.2. The number of pyridine rings is 1. The molecule has 0 spiro atoms. The maximum Gasteiger partial charge on any atom is 0.255 e. The molecule has 0 saturated heterocycles. The van der Waals surface area contributed by atoms with Crippen LogP contribution >= 0.6 is 11.6 Å². The Balaban J connectivity index is 1.97. The molecule has 0 fully saturated rings. The van der Waals surface area contributed by atoms with Gasteiger partial charge < -0.3 is 11.1 Å². The van der Waals surface area contributed by atoms with Crippen LogP contribution in [0.15, 0.2) is 54.7 Å². The molecule has 3 N–H and O–H groups in total. The number of amides is 1. The topological polar surface area (TPSA) is 68.0 Å². The third-order valence-electron chi connectivity index (χ3n) is 3.14. The van der Waals surface area contributed by atoms with Gasteiger partial charge in [0, 0.05) is 22.8 Å². The van der Waals surface area contributed by atoms with Crippen LogP contribution in [0.2, 0.25) is 5.02 Å². The Kier molecular flexibility index (Phi) is 3.46. The fraction of sp³-hybridized carbons (Fsp3) is 0. The highest BCUT2D eigenvalue weighted by molar-refractivity contribution is 6.35. The van der Waals surface area contributed by atoms with Crippen molar-refractivity contribution in [3.63, 3.8) is 0 Å². The molecule has 0 aliphatic carbocycles. The van der Waals surface area contributed by atoms with Gasteiger partial charge >= 0.3 is 0 Å². The van der Waals surface area contributed by atoms with E-state index >= 15 is 0 Å². The van der Waals surface area contributed by atoms with Gasteiger partial charge in [0.25, 0.3) is 5.91 Å². The Morgan fingerprint density at radius 3 is 2.62 bits per heavy atom. The molecule has 2 aromatic carbocycles. The molecular weight excluding hydrogens is 286 g/mol. The number of hydrogen-bond donors (Lipinski definition) is 2. The Morgan fingerprint density at radius 1 is 1.10 bits per heavy atom. The van der Waals surface area contributed by atoms with Crippen LogP contribution in [0.3, 0.4) is 0 Å². The van der Waals surface area contributed by atoms with Crippen molar-refractivity contribution in [3.8, 4) is 0 Å². The molecule has 0 radical (unpaired) electrons. The van der Waals surface area contributed by atoms with Crippen LogP contribution < -0.4 is 11.1 Å². The highest BCUT2D eigenvalue weighted by Gasteiger charge is 2.10. The van der Waals surface area contributed by atoms with Crippen molar-refractivity contribution in [2.45, 2.75) is 0 Å². The van der Waals surface area contributed by atoms with Crippen molar-refractivity contribution >= 4 is 39.8 Å². The number of nitrogens with one attached hydrogen (secondary N) is 1. The van der Waals surface area contributed by atoms with Gasteiger partial charge in [-0.25, -0.2) is 0 Å². The summed E-state index contributed by atoms with van der Waals surface area (Å²) in [5.41, 5.74) is 8.10. The Bertz CT molecular complexity index is 815. The van der Waals surface area contributed by atoms with E-state index < -0.39 is 0 Å². The van der Waals surface area contributed by atoms with E-state index in [-0.39, 0.29) is 5.91 Å². The van der Waals surface area contributed by atoms with E-state index in [0.29, 0.717) is 27.5 Å². The van der Waals surface area contributed by atoms with E-state index in [4.69, 9.17) is 17.3 Å². The minimum atomic E-state index is -0.206. The molecule has 0 saturated carbocycles. The predicted octanol–water partition coefficient (Wildman–Crippen LogP) is 3.72. The molecule has 21 heavy (non-hydrogen) atoms. The minimum Gasteiger partial charge on any atom is -0.399 e. The summed E-state index contributed by atoms with van der Waals surface area (Å²) in [4.78, 5) is 16.5. The average Bonchev–Trinajstić information content (AvgIpc) is 2.51. The lowest BCUT2D eigenvalue weighted by molar-refractivity contribution is 0.102. The maximum atomic E-state index is 12.2. The molecule has 0 bridgehead atoms. The van der Waals surface area contributed by atoms with Crippen molar-refractivity contribution in [3.05, 3.63) is 65.3 Å². The van der Waals surface area contributed by atoms with Crippen LogP contribution in [-0.4, -0.2) is 10.9 Å². The predicted molar refractivity (Wildman–Crippen MR) is 85.6 cm³/mol. The highest BCUT2D eigenvalue weighted by atomic mass is 35.5. The van der Waals surface area contributed by atoms with Crippen LogP contribution in [0.25, 0.3) is 10.9 Å². The lowest BCUT2D eigenvalue weighted by Crippen LogP contribution is -2.12. The highest BCUT2D eigenvalue weighted by Crippen LogP contribution is 2.28. The molecule has 1 amide bonds. The zero-order valence-electron chi connectivity index (χ0n) is 11.0. The third kappa shape index (κ3) is 2.66. The quantitative estimate of drug-likeness (QED) is 0.708. The number of hydrogen-bond acceptors (Lipinski definition) is 3. The van der Waals surface area contributed by atoms with Gasteiger partial charge in [0.1, 0.15) is 0 Å². The number of aromatic nitrogens is 1. The van der Waals surface area contributed by atoms with E-state index in [0.717, 1.165) is 5.39 Å². The Hall–Kier alpha value is -2.59. The van der Waals surface area contributed by atoms with E-state index in [9.17, 15) is 4.79 Å². The molecule has 1 aromatic heterocycles. The summed E-state index contributed by atoms with van der Waals surface area (Å²) in [5, 5.41) is 4.22. The lowest BCUT2D eigenvalue weighted by Gasteiger charge is -2.09. The molecule has 4 nitrogen and oxygen atoms in total. The van der Waals surface area contributed by atoms with Crippen molar-refractivity contribution < 1.29 is 4.79 Å². The van der Waals surface area contributed by atoms with Crippen LogP contribution in [0, 0.1) is 0 Å². The Morgan fingerprint density at radius 2 is 1.86 bits per heavy atom. The fourth-order valence-electron chi connectivity index (χ4n) is 2.08. The molecule has 0 aliphatic rings. The van der Waals surface area contributed by atoms with E-state index in [1.807, 2.05) is 6.07 Å². The first kappa shape index (κ1) is 13.4. The molecule has 104 valence electrons. The molecule has 3 aromatic rings. The largest absolute Gasteiger partial charge is 0.399 e. The standard InChI is InChI=1S/C16H12ClN3O/c17-13-7-8-14(12-2-1-9-19-15(12)13)20-16(21)10-3-5-11(18)6-4-10/h1-9H,18H2,(H,20,21). The number of carbonyl (C=O) groups excluding carboxylic acids is 1. The molecule has 0 atom stereocenters. The van der Waals surface area contributed by atoms with Crippen LogP contribution in [-0.2, 0) is 0 Å². The fourth-order valence-corrected chi connectivity index (χ4v) is 2.29. The normalized spacial score (nSPS) is 10.5. The second-order valence-electron chi connectivity index (χ2n) is 4.57. The zero-order chi connectivity index (χ0) is 14.8. The average molecular weight is 298 g/mol. The summed E-state index contributed by atoms with van der Waals surface area (Å²) >= 11 is 6.11. The SMILES string of the molecule is Nc1ccc(C(=O)Nc2ccc(Cl)c3ncccc23)cc1. The molecular formula is C16H12ClN3O. The molecule has 0 unspecified atom stereocenters. The van der Waals surface area contributed by atoms with Crippen LogP contribution in [0.1, 0.15) is 10.4 Å². The summed E-state index contributed by atoms with van der Waals surface area (Å²) in [6.45, 7) is 0. The lowest BCUT2D eigenvalue weighted by atomic mass is 10.1. The van der Waals surface area contributed by atoms with Gasteiger partial charge in [-0.1, -0.05) is 11.6 Å². The monoisotopic (exact) mass is 297 g/mol. The van der Waals surface area contributed by atoms with Crippen LogP contribution in [0.5, 0.6) is 0 Å². The van der Waals surface area contributed by atoms with Crippen molar-refractivity contribution in [1.82, 2.24) is 4.98 Å². The summed E-state index contributed by atoms with van der Waals surface area (Å²) < 4.78 is 0. The van der Waals surface area contributed by atoms with E-state index in [1.165, 1.54) is 0 Å². The van der Waals surface area contributed by atoms with Crippen molar-refractivity contribution in [1.29, 1.82) is 0 Å². The molecule has 0 aliphatic heterocycles. The number of fused-ring (bicyclic) bond motifs is 1. The van der Waals surface area contributed by atoms with Gasteiger partial charge in [-0.15, -0.1) is 0 Å². The van der Waals surface area contributed by atoms with Crippen LogP contribution in [0.4, 0.5) is 11.4 Å². The first-order chi connectivity index (χ1) is 10.1. The van der Waals surface area contributed by atoms with Crippen molar-refractivity contribution in [2.24, 2.45) is 0 Å². The number of nitrogen functional groups attached to an aromatic ring is 1. The number of benzene rings is 2. The molecule has 5 heteroatoms. The van der Waals surface area contributed by atoms with Gasteiger partial charge in [0.15, 0.2) is 0 Å². The number of anilines is 2. The summed E-state index contributed by atoms with van der Waals surface area (Å²) in [7, 11) is 0. The first-order valence-corrected chi connectivity index (χ1v) is 6.73. The number of nitrogens with zero attached hydrogens (tertiary/aromatic N) is 1. The van der Waals surface area contributed by atoms with Gasteiger partial charge in [-0.05, 0) is 48.5 Å². The van der Waals surface area contributed by atoms with Crippen molar-refractivity contribution in [2.75, 3.05) is 11.1 Å². The summed E-state index contributed by atoms with van der Waals surface area (Å²) in [6, 6.07) is 13.9. The van der Waals surface area contributed by atoms with E-state index in [1.54, 1.807) is 48.7 Å². The Labute approximate surface area is 126 Å². The second-order valence-corrected chi connectivity index (χ2v) is 4.98. The number of rotatable bonds is 2. The summed E-state index contributed by atoms with van der Waals surface area (Å²) in [6.07, 6.45) is 1.67. The first-order valence-electron chi connectivity index (χ1n) is 6.35. The zero-order valence-corrected chi connectivity index (χ0v) is 11.8. The van der Waals surface area contributed by atoms with E-state index in [2.05, 4.69) is 10.3 Å². The second kappa shape index (κ2) is 5.42. The number of nitrogens with two attached hydrogens (primary N) is 1. The van der Waals surface area contributed by atoms with Gasteiger partial charge in [0.05, 0.1) is 16.2 Å². The smallest absolute Gasteiger partial charge is 0.255 e. The minimum absolute atomic E-state index is 0.206. The number of halogens is 1. The van der Waals surface area contributed by atoms with Gasteiger partial charge in [-0.3, -0.25) is 9.78 Å². The molecule has 3 rings (SSSR count).